The maximum Gasteiger partial charge on any atom is 0.153 e. The fourth-order valence-corrected chi connectivity index (χ4v) is 3.68. The monoisotopic (exact) mass is 256 g/mol. The van der Waals surface area contributed by atoms with Gasteiger partial charge in [0, 0.05) is 18.8 Å². The standard InChI is InChI=1S/C15H20N4/c16-10-12-7-8-18-15(14(12)17)19-9-3-5-11-4-1-2-6-13(11)19/h7-8,11,13H,1-6,9,17H2. The van der Waals surface area contributed by atoms with Crippen LogP contribution >= 0.6 is 0 Å². The van der Waals surface area contributed by atoms with Crippen molar-refractivity contribution in [3.63, 3.8) is 0 Å². The number of nitrogens with zero attached hydrogens (tertiary/aromatic N) is 3. The molecular formula is C15H20N4. The molecule has 1 aromatic rings. The first-order valence-electron chi connectivity index (χ1n) is 7.22. The summed E-state index contributed by atoms with van der Waals surface area (Å²) < 4.78 is 0. The second kappa shape index (κ2) is 5.08. The Labute approximate surface area is 114 Å². The van der Waals surface area contributed by atoms with E-state index in [1.165, 1.54) is 38.5 Å². The molecule has 1 aliphatic heterocycles. The fraction of sp³-hybridized carbons (Fsp3) is 0.600. The Morgan fingerprint density at radius 1 is 1.26 bits per heavy atom. The van der Waals surface area contributed by atoms with Crippen molar-refractivity contribution >= 4 is 11.5 Å². The van der Waals surface area contributed by atoms with Gasteiger partial charge < -0.3 is 10.6 Å². The number of rotatable bonds is 1. The second-order valence-corrected chi connectivity index (χ2v) is 5.66. The number of nitrogen functional groups attached to an aromatic ring is 1. The molecule has 2 N–H and O–H groups in total. The van der Waals surface area contributed by atoms with Crippen molar-refractivity contribution in [2.45, 2.75) is 44.6 Å². The SMILES string of the molecule is N#Cc1ccnc(N2CCCC3CCCCC32)c1N. The van der Waals surface area contributed by atoms with E-state index >= 15 is 0 Å². The molecule has 0 radical (unpaired) electrons. The maximum atomic E-state index is 9.10. The van der Waals surface area contributed by atoms with Gasteiger partial charge in [-0.15, -0.1) is 0 Å². The van der Waals surface area contributed by atoms with Gasteiger partial charge in [-0.05, 0) is 37.7 Å². The Bertz CT molecular complexity index is 503. The molecule has 3 rings (SSSR count). The number of hydrogen-bond acceptors (Lipinski definition) is 4. The lowest BCUT2D eigenvalue weighted by Crippen LogP contribution is -2.47. The van der Waals surface area contributed by atoms with E-state index in [4.69, 9.17) is 11.0 Å². The summed E-state index contributed by atoms with van der Waals surface area (Å²) in [5, 5.41) is 9.10. The van der Waals surface area contributed by atoms with E-state index in [0.29, 0.717) is 17.3 Å². The number of anilines is 2. The molecule has 1 saturated carbocycles. The first kappa shape index (κ1) is 12.3. The molecule has 1 aromatic heterocycles. The number of piperidine rings is 1. The van der Waals surface area contributed by atoms with Crippen molar-refractivity contribution in [1.29, 1.82) is 5.26 Å². The normalized spacial score (nSPS) is 26.6. The van der Waals surface area contributed by atoms with Crippen LogP contribution in [0.5, 0.6) is 0 Å². The quantitative estimate of drug-likeness (QED) is 0.839. The van der Waals surface area contributed by atoms with Gasteiger partial charge in [-0.3, -0.25) is 0 Å². The molecule has 2 fully saturated rings. The highest BCUT2D eigenvalue weighted by Gasteiger charge is 2.34. The van der Waals surface area contributed by atoms with Crippen molar-refractivity contribution in [1.82, 2.24) is 4.98 Å². The van der Waals surface area contributed by atoms with Crippen molar-refractivity contribution < 1.29 is 0 Å². The smallest absolute Gasteiger partial charge is 0.153 e. The minimum Gasteiger partial charge on any atom is -0.395 e. The zero-order valence-electron chi connectivity index (χ0n) is 11.2. The second-order valence-electron chi connectivity index (χ2n) is 5.66. The fourth-order valence-electron chi connectivity index (χ4n) is 3.68. The summed E-state index contributed by atoms with van der Waals surface area (Å²) in [6.07, 6.45) is 9.47. The average Bonchev–Trinajstić information content (AvgIpc) is 2.47. The van der Waals surface area contributed by atoms with Crippen LogP contribution in [0, 0.1) is 17.2 Å². The third-order valence-electron chi connectivity index (χ3n) is 4.60. The van der Waals surface area contributed by atoms with Gasteiger partial charge in [0.05, 0.1) is 11.3 Å². The van der Waals surface area contributed by atoms with E-state index in [1.807, 2.05) is 0 Å². The molecule has 0 spiro atoms. The summed E-state index contributed by atoms with van der Waals surface area (Å²) >= 11 is 0. The van der Waals surface area contributed by atoms with Crippen LogP contribution in [0.15, 0.2) is 12.3 Å². The molecule has 19 heavy (non-hydrogen) atoms. The number of aromatic nitrogens is 1. The van der Waals surface area contributed by atoms with E-state index in [-0.39, 0.29) is 0 Å². The maximum absolute atomic E-state index is 9.10. The summed E-state index contributed by atoms with van der Waals surface area (Å²) in [6.45, 7) is 1.02. The molecular weight excluding hydrogens is 236 g/mol. The minimum atomic E-state index is 0.544. The van der Waals surface area contributed by atoms with Gasteiger partial charge in [0.15, 0.2) is 5.82 Å². The van der Waals surface area contributed by atoms with Crippen molar-refractivity contribution in [3.05, 3.63) is 17.8 Å². The summed E-state index contributed by atoms with van der Waals surface area (Å²) in [5.41, 5.74) is 7.22. The zero-order chi connectivity index (χ0) is 13.2. The lowest BCUT2D eigenvalue weighted by molar-refractivity contribution is 0.243. The molecule has 1 saturated heterocycles. The Kier molecular flexibility index (Phi) is 3.29. The predicted octanol–water partition coefficient (Wildman–Crippen LogP) is 2.69. The first-order chi connectivity index (χ1) is 9.31. The number of nitriles is 1. The molecule has 4 nitrogen and oxygen atoms in total. The highest BCUT2D eigenvalue weighted by molar-refractivity contribution is 5.70. The molecule has 2 heterocycles. The average molecular weight is 256 g/mol. The lowest BCUT2D eigenvalue weighted by atomic mass is 9.78. The predicted molar refractivity (Wildman–Crippen MR) is 75.7 cm³/mol. The van der Waals surface area contributed by atoms with E-state index in [1.54, 1.807) is 12.3 Å². The zero-order valence-corrected chi connectivity index (χ0v) is 11.2. The van der Waals surface area contributed by atoms with Gasteiger partial charge in [-0.1, -0.05) is 12.8 Å². The number of fused-ring (bicyclic) bond motifs is 1. The topological polar surface area (TPSA) is 65.9 Å². The third kappa shape index (κ3) is 2.14. The summed E-state index contributed by atoms with van der Waals surface area (Å²) in [6, 6.07) is 4.43. The Morgan fingerprint density at radius 3 is 2.89 bits per heavy atom. The summed E-state index contributed by atoms with van der Waals surface area (Å²) in [7, 11) is 0. The van der Waals surface area contributed by atoms with Gasteiger partial charge in [0.1, 0.15) is 6.07 Å². The first-order valence-corrected chi connectivity index (χ1v) is 7.22. The molecule has 2 atom stereocenters. The van der Waals surface area contributed by atoms with Crippen LogP contribution in [0.4, 0.5) is 11.5 Å². The molecule has 2 aliphatic rings. The Balaban J connectivity index is 1.94. The van der Waals surface area contributed by atoms with Crippen molar-refractivity contribution in [3.8, 4) is 6.07 Å². The molecule has 2 unspecified atom stereocenters. The minimum absolute atomic E-state index is 0.544. The number of hydrogen-bond donors (Lipinski definition) is 1. The van der Waals surface area contributed by atoms with E-state index in [2.05, 4.69) is 16.0 Å². The van der Waals surface area contributed by atoms with Crippen LogP contribution in [0.1, 0.15) is 44.1 Å². The van der Waals surface area contributed by atoms with Gasteiger partial charge in [0.2, 0.25) is 0 Å². The molecule has 0 bridgehead atoms. The third-order valence-corrected chi connectivity index (χ3v) is 4.60. The molecule has 100 valence electrons. The Morgan fingerprint density at radius 2 is 2.05 bits per heavy atom. The van der Waals surface area contributed by atoms with Crippen LogP contribution in [0.3, 0.4) is 0 Å². The molecule has 0 amide bonds. The number of pyridine rings is 1. The van der Waals surface area contributed by atoms with Crippen molar-refractivity contribution in [2.24, 2.45) is 5.92 Å². The number of nitrogens with two attached hydrogens (primary N) is 1. The largest absolute Gasteiger partial charge is 0.395 e. The molecule has 1 aliphatic carbocycles. The van der Waals surface area contributed by atoms with Crippen molar-refractivity contribution in [2.75, 3.05) is 17.2 Å². The lowest BCUT2D eigenvalue weighted by Gasteiger charge is -2.45. The highest BCUT2D eigenvalue weighted by Crippen LogP contribution is 2.39. The summed E-state index contributed by atoms with van der Waals surface area (Å²) in [5.74, 6) is 1.62. The van der Waals surface area contributed by atoms with E-state index in [0.717, 1.165) is 18.3 Å². The summed E-state index contributed by atoms with van der Waals surface area (Å²) in [4.78, 5) is 6.82. The van der Waals surface area contributed by atoms with Gasteiger partial charge in [-0.25, -0.2) is 4.98 Å². The highest BCUT2D eigenvalue weighted by atomic mass is 15.2. The van der Waals surface area contributed by atoms with Crippen LogP contribution in [-0.2, 0) is 0 Å². The molecule has 0 aromatic carbocycles. The van der Waals surface area contributed by atoms with Gasteiger partial charge >= 0.3 is 0 Å². The Hall–Kier alpha value is -1.76. The van der Waals surface area contributed by atoms with Crippen LogP contribution in [-0.4, -0.2) is 17.6 Å². The van der Waals surface area contributed by atoms with Gasteiger partial charge in [-0.2, -0.15) is 5.26 Å². The van der Waals surface area contributed by atoms with Crippen LogP contribution < -0.4 is 10.6 Å². The molecule has 4 heteroatoms. The van der Waals surface area contributed by atoms with Crippen LogP contribution in [0.25, 0.3) is 0 Å². The van der Waals surface area contributed by atoms with Crippen LogP contribution in [0.2, 0.25) is 0 Å². The van der Waals surface area contributed by atoms with E-state index in [9.17, 15) is 0 Å². The van der Waals surface area contributed by atoms with Gasteiger partial charge in [0.25, 0.3) is 0 Å². The van der Waals surface area contributed by atoms with E-state index < -0.39 is 0 Å².